The first-order valence-electron chi connectivity index (χ1n) is 8.98. The van der Waals surface area contributed by atoms with Crippen molar-refractivity contribution in [2.24, 2.45) is 5.92 Å². The van der Waals surface area contributed by atoms with Crippen LogP contribution < -0.4 is 5.32 Å². The Labute approximate surface area is 157 Å². The van der Waals surface area contributed by atoms with Crippen LogP contribution in [0.15, 0.2) is 54.7 Å². The molecule has 0 saturated carbocycles. The molecule has 2 aromatic carbocycles. The number of fused-ring (bicyclic) bond motifs is 1. The molecule has 1 unspecified atom stereocenters. The number of carboxylic acids is 1. The second-order valence-electron chi connectivity index (χ2n) is 6.86. The van der Waals surface area contributed by atoms with E-state index in [0.717, 1.165) is 16.3 Å². The smallest absolute Gasteiger partial charge is 0.308 e. The van der Waals surface area contributed by atoms with E-state index in [1.807, 2.05) is 56.3 Å². The summed E-state index contributed by atoms with van der Waals surface area (Å²) in [4.78, 5) is 24.0. The van der Waals surface area contributed by atoms with Gasteiger partial charge in [0.05, 0.1) is 5.92 Å². The lowest BCUT2D eigenvalue weighted by molar-refractivity contribution is -0.141. The molecule has 1 amide bonds. The topological polar surface area (TPSA) is 84.2 Å². The Morgan fingerprint density at radius 3 is 2.56 bits per heavy atom. The number of aromatic nitrogens is 2. The Bertz CT molecular complexity index is 957. The Hall–Kier alpha value is -3.15. The van der Waals surface area contributed by atoms with Gasteiger partial charge in [0.15, 0.2) is 0 Å². The third-order valence-electron chi connectivity index (χ3n) is 4.57. The van der Waals surface area contributed by atoms with Gasteiger partial charge in [-0.25, -0.2) is 0 Å². The molecule has 0 aliphatic rings. The summed E-state index contributed by atoms with van der Waals surface area (Å²) in [7, 11) is 0. The van der Waals surface area contributed by atoms with Crippen molar-refractivity contribution in [3.63, 3.8) is 0 Å². The monoisotopic (exact) mass is 365 g/mol. The van der Waals surface area contributed by atoms with Gasteiger partial charge in [-0.1, -0.05) is 42.5 Å². The summed E-state index contributed by atoms with van der Waals surface area (Å²) in [5, 5.41) is 18.6. The average molecular weight is 365 g/mol. The highest BCUT2D eigenvalue weighted by Crippen LogP contribution is 2.21. The number of carbonyl (C=O) groups excluding carboxylic acids is 1. The van der Waals surface area contributed by atoms with Gasteiger partial charge in [-0.05, 0) is 42.7 Å². The first kappa shape index (κ1) is 18.6. The summed E-state index contributed by atoms with van der Waals surface area (Å²) < 4.78 is 1.69. The number of hydrogen-bond acceptors (Lipinski definition) is 3. The number of rotatable bonds is 7. The normalized spacial score (nSPS) is 12.3. The van der Waals surface area contributed by atoms with E-state index in [4.69, 9.17) is 0 Å². The molecule has 1 atom stereocenters. The van der Waals surface area contributed by atoms with Gasteiger partial charge >= 0.3 is 5.97 Å². The molecule has 140 valence electrons. The third-order valence-corrected chi connectivity index (χ3v) is 4.57. The maximum absolute atomic E-state index is 12.3. The predicted octanol–water partition coefficient (Wildman–Crippen LogP) is 3.29. The van der Waals surface area contributed by atoms with Crippen LogP contribution >= 0.6 is 0 Å². The second kappa shape index (κ2) is 8.03. The highest BCUT2D eigenvalue weighted by molar-refractivity contribution is 5.92. The van der Waals surface area contributed by atoms with Crippen LogP contribution in [0.1, 0.15) is 35.9 Å². The maximum atomic E-state index is 12.3. The van der Waals surface area contributed by atoms with Crippen molar-refractivity contribution in [3.8, 4) is 0 Å². The van der Waals surface area contributed by atoms with Crippen LogP contribution in [-0.4, -0.2) is 33.3 Å². The predicted molar refractivity (Wildman–Crippen MR) is 104 cm³/mol. The standard InChI is InChI=1S/C21H23N3O3/c1-14(2)24-11-10-19(23-24)20(25)22-13-17(21(26)27)12-16-8-5-7-15-6-3-4-9-18(15)16/h3-11,14,17H,12-13H2,1-2H3,(H,22,25)(H,26,27). The number of benzene rings is 2. The molecule has 0 aliphatic carbocycles. The Kier molecular flexibility index (Phi) is 5.54. The molecule has 6 nitrogen and oxygen atoms in total. The number of nitrogens with zero attached hydrogens (tertiary/aromatic N) is 2. The molecule has 0 radical (unpaired) electrons. The Balaban J connectivity index is 1.70. The Morgan fingerprint density at radius 2 is 1.85 bits per heavy atom. The van der Waals surface area contributed by atoms with E-state index in [1.165, 1.54) is 0 Å². The van der Waals surface area contributed by atoms with Crippen LogP contribution in [0.2, 0.25) is 0 Å². The number of carbonyl (C=O) groups is 2. The summed E-state index contributed by atoms with van der Waals surface area (Å²) in [5.74, 6) is -2.01. The van der Waals surface area contributed by atoms with Crippen LogP contribution in [0.3, 0.4) is 0 Å². The van der Waals surface area contributed by atoms with E-state index in [9.17, 15) is 14.7 Å². The van der Waals surface area contributed by atoms with Crippen LogP contribution in [-0.2, 0) is 11.2 Å². The zero-order valence-corrected chi connectivity index (χ0v) is 15.4. The Morgan fingerprint density at radius 1 is 1.11 bits per heavy atom. The molecule has 0 spiro atoms. The minimum absolute atomic E-state index is 0.0475. The van der Waals surface area contributed by atoms with E-state index in [-0.39, 0.29) is 24.2 Å². The fourth-order valence-corrected chi connectivity index (χ4v) is 3.04. The highest BCUT2D eigenvalue weighted by atomic mass is 16.4. The lowest BCUT2D eigenvalue weighted by Gasteiger charge is -2.15. The zero-order chi connectivity index (χ0) is 19.4. The van der Waals surface area contributed by atoms with Crippen molar-refractivity contribution in [1.82, 2.24) is 15.1 Å². The van der Waals surface area contributed by atoms with E-state index in [0.29, 0.717) is 6.42 Å². The molecule has 0 aliphatic heterocycles. The van der Waals surface area contributed by atoms with Gasteiger partial charge in [-0.2, -0.15) is 5.10 Å². The average Bonchev–Trinajstić information content (AvgIpc) is 3.15. The molecule has 0 saturated heterocycles. The van der Waals surface area contributed by atoms with Gasteiger partial charge in [0, 0.05) is 18.8 Å². The van der Waals surface area contributed by atoms with Crippen molar-refractivity contribution in [3.05, 3.63) is 66.0 Å². The first-order valence-corrected chi connectivity index (χ1v) is 8.98. The van der Waals surface area contributed by atoms with E-state index < -0.39 is 11.9 Å². The molecule has 0 fully saturated rings. The third kappa shape index (κ3) is 4.34. The van der Waals surface area contributed by atoms with Gasteiger partial charge in [0.1, 0.15) is 5.69 Å². The molecule has 3 aromatic rings. The number of hydrogen-bond donors (Lipinski definition) is 2. The molecule has 6 heteroatoms. The van der Waals surface area contributed by atoms with E-state index in [2.05, 4.69) is 10.4 Å². The second-order valence-corrected chi connectivity index (χ2v) is 6.86. The van der Waals surface area contributed by atoms with Crippen molar-refractivity contribution in [2.75, 3.05) is 6.54 Å². The largest absolute Gasteiger partial charge is 0.481 e. The molecule has 27 heavy (non-hydrogen) atoms. The fourth-order valence-electron chi connectivity index (χ4n) is 3.04. The molecule has 3 rings (SSSR count). The molecule has 0 bridgehead atoms. The van der Waals surface area contributed by atoms with E-state index >= 15 is 0 Å². The molecule has 1 aromatic heterocycles. The number of nitrogens with one attached hydrogen (secondary N) is 1. The van der Waals surface area contributed by atoms with Gasteiger partial charge in [0.2, 0.25) is 0 Å². The number of aliphatic carboxylic acids is 1. The van der Waals surface area contributed by atoms with Gasteiger partial charge in [-0.15, -0.1) is 0 Å². The summed E-state index contributed by atoms with van der Waals surface area (Å²) in [6.07, 6.45) is 2.09. The van der Waals surface area contributed by atoms with Crippen LogP contribution in [0.4, 0.5) is 0 Å². The number of carboxylic acid groups (broad SMARTS) is 1. The van der Waals surface area contributed by atoms with Crippen LogP contribution in [0.5, 0.6) is 0 Å². The minimum Gasteiger partial charge on any atom is -0.481 e. The van der Waals surface area contributed by atoms with Crippen LogP contribution in [0.25, 0.3) is 10.8 Å². The van der Waals surface area contributed by atoms with Crippen molar-refractivity contribution in [2.45, 2.75) is 26.3 Å². The van der Waals surface area contributed by atoms with Crippen molar-refractivity contribution in [1.29, 1.82) is 0 Å². The highest BCUT2D eigenvalue weighted by Gasteiger charge is 2.21. The van der Waals surface area contributed by atoms with Gasteiger partial charge < -0.3 is 10.4 Å². The number of amides is 1. The SMILES string of the molecule is CC(C)n1ccc(C(=O)NCC(Cc2cccc3ccccc23)C(=O)O)n1. The summed E-state index contributed by atoms with van der Waals surface area (Å²) in [5.41, 5.74) is 1.25. The first-order chi connectivity index (χ1) is 13.0. The summed E-state index contributed by atoms with van der Waals surface area (Å²) >= 11 is 0. The van der Waals surface area contributed by atoms with Gasteiger partial charge in [0.25, 0.3) is 5.91 Å². The molecule has 2 N–H and O–H groups in total. The molecular weight excluding hydrogens is 342 g/mol. The van der Waals surface area contributed by atoms with Crippen molar-refractivity contribution < 1.29 is 14.7 Å². The molecular formula is C21H23N3O3. The summed E-state index contributed by atoms with van der Waals surface area (Å²) in [6, 6.07) is 15.5. The lowest BCUT2D eigenvalue weighted by atomic mass is 9.95. The quantitative estimate of drug-likeness (QED) is 0.673. The maximum Gasteiger partial charge on any atom is 0.308 e. The fraction of sp³-hybridized carbons (Fsp3) is 0.286. The molecule has 1 heterocycles. The van der Waals surface area contributed by atoms with Gasteiger partial charge in [-0.3, -0.25) is 14.3 Å². The van der Waals surface area contributed by atoms with Crippen LogP contribution in [0, 0.1) is 5.92 Å². The summed E-state index contributed by atoms with van der Waals surface area (Å²) in [6.45, 7) is 3.99. The zero-order valence-electron chi connectivity index (χ0n) is 15.4. The van der Waals surface area contributed by atoms with Crippen molar-refractivity contribution >= 4 is 22.6 Å². The minimum atomic E-state index is -0.934. The van der Waals surface area contributed by atoms with E-state index in [1.54, 1.807) is 16.9 Å². The lowest BCUT2D eigenvalue weighted by Crippen LogP contribution is -2.34.